The van der Waals surface area contributed by atoms with E-state index in [0.29, 0.717) is 17.2 Å². The molecule has 1 aromatic heterocycles. The van der Waals surface area contributed by atoms with E-state index < -0.39 is 0 Å². The summed E-state index contributed by atoms with van der Waals surface area (Å²) in [4.78, 5) is 15.4. The van der Waals surface area contributed by atoms with E-state index in [2.05, 4.69) is 20.4 Å². The summed E-state index contributed by atoms with van der Waals surface area (Å²) in [6, 6.07) is 3.28. The van der Waals surface area contributed by atoms with Crippen LogP contribution in [-0.4, -0.2) is 29.7 Å². The molecule has 0 amide bonds. The lowest BCUT2D eigenvalue weighted by Gasteiger charge is -2.08. The molecule has 0 bridgehead atoms. The number of esters is 1. The van der Waals surface area contributed by atoms with Crippen molar-refractivity contribution < 1.29 is 9.53 Å². The van der Waals surface area contributed by atoms with Gasteiger partial charge >= 0.3 is 5.97 Å². The number of methoxy groups -OCH3 is 1. The molecule has 0 saturated carbocycles. The van der Waals surface area contributed by atoms with Crippen molar-refractivity contribution in [1.82, 2.24) is 15.6 Å². The molecule has 0 aromatic carbocycles. The number of aromatic nitrogens is 1. The lowest BCUT2D eigenvalue weighted by atomic mass is 10.2. The zero-order valence-electron chi connectivity index (χ0n) is 9.82. The average molecular weight is 253 g/mol. The third-order valence-electron chi connectivity index (χ3n) is 2.01. The highest BCUT2D eigenvalue weighted by atomic mass is 32.1. The fraction of sp³-hybridized carbons (Fsp3) is 0.364. The first-order valence-corrected chi connectivity index (χ1v) is 5.63. The Labute approximate surface area is 106 Å². The van der Waals surface area contributed by atoms with Gasteiger partial charge in [-0.1, -0.05) is 0 Å². The highest BCUT2D eigenvalue weighted by Gasteiger charge is 2.06. The second-order valence-electron chi connectivity index (χ2n) is 3.24. The highest BCUT2D eigenvalue weighted by molar-refractivity contribution is 7.80. The van der Waals surface area contributed by atoms with Gasteiger partial charge in [-0.15, -0.1) is 0 Å². The summed E-state index contributed by atoms with van der Waals surface area (Å²) in [5, 5.41) is 6.52. The van der Waals surface area contributed by atoms with Crippen LogP contribution in [0, 0.1) is 0 Å². The molecule has 0 unspecified atom stereocenters. The summed E-state index contributed by atoms with van der Waals surface area (Å²) in [5.74, 6) is -0.372. The van der Waals surface area contributed by atoms with E-state index in [1.54, 1.807) is 18.3 Å². The van der Waals surface area contributed by atoms with E-state index in [1.807, 2.05) is 6.92 Å². The number of pyridine rings is 1. The first-order chi connectivity index (χ1) is 8.17. The number of carbonyl (C=O) groups excluding carboxylic acids is 1. The van der Waals surface area contributed by atoms with Gasteiger partial charge in [0.2, 0.25) is 0 Å². The monoisotopic (exact) mass is 253 g/mol. The first kappa shape index (κ1) is 13.4. The minimum atomic E-state index is -0.372. The Morgan fingerprint density at radius 3 is 2.94 bits per heavy atom. The molecule has 2 N–H and O–H groups in total. The predicted octanol–water partition coefficient (Wildman–Crippen LogP) is 0.852. The average Bonchev–Trinajstić information content (AvgIpc) is 2.36. The molecule has 0 aliphatic carbocycles. The number of carbonyl (C=O) groups is 1. The number of hydrogen-bond acceptors (Lipinski definition) is 4. The Kier molecular flexibility index (Phi) is 5.35. The molecule has 17 heavy (non-hydrogen) atoms. The second-order valence-corrected chi connectivity index (χ2v) is 3.65. The Morgan fingerprint density at radius 2 is 2.29 bits per heavy atom. The Morgan fingerprint density at radius 1 is 1.53 bits per heavy atom. The highest BCUT2D eigenvalue weighted by Crippen LogP contribution is 2.03. The van der Waals surface area contributed by atoms with Gasteiger partial charge in [-0.05, 0) is 31.3 Å². The standard InChI is InChI=1S/C11H15N3O2S/c1-3-12-11(17)14-7-9-6-8(4-5-13-9)10(15)16-2/h4-6H,3,7H2,1-2H3,(H2,12,14,17). The normalized spacial score (nSPS) is 9.53. The quantitative estimate of drug-likeness (QED) is 0.613. The molecule has 0 atom stereocenters. The van der Waals surface area contributed by atoms with Gasteiger partial charge in [0.1, 0.15) is 0 Å². The minimum Gasteiger partial charge on any atom is -0.465 e. The molecule has 6 heteroatoms. The Bertz CT molecular complexity index is 409. The summed E-state index contributed by atoms with van der Waals surface area (Å²) in [6.45, 7) is 3.20. The molecule has 1 heterocycles. The van der Waals surface area contributed by atoms with Crippen LogP contribution in [0.15, 0.2) is 18.3 Å². The van der Waals surface area contributed by atoms with Gasteiger partial charge in [-0.3, -0.25) is 4.98 Å². The maximum atomic E-state index is 11.3. The van der Waals surface area contributed by atoms with Crippen molar-refractivity contribution in [3.05, 3.63) is 29.6 Å². The molecule has 0 radical (unpaired) electrons. The molecule has 0 spiro atoms. The van der Waals surface area contributed by atoms with Gasteiger partial charge in [0.25, 0.3) is 0 Å². The summed E-state index contributed by atoms with van der Waals surface area (Å²) in [5.41, 5.74) is 1.21. The molecule has 0 saturated heterocycles. The zero-order chi connectivity index (χ0) is 12.7. The van der Waals surface area contributed by atoms with Crippen LogP contribution in [0.4, 0.5) is 0 Å². The van der Waals surface area contributed by atoms with Crippen molar-refractivity contribution in [2.75, 3.05) is 13.7 Å². The summed E-state index contributed by atoms with van der Waals surface area (Å²) >= 11 is 5.02. The molecule has 1 aromatic rings. The maximum Gasteiger partial charge on any atom is 0.337 e. The molecule has 1 rings (SSSR count). The fourth-order valence-electron chi connectivity index (χ4n) is 1.21. The van der Waals surface area contributed by atoms with Crippen LogP contribution in [0.1, 0.15) is 23.0 Å². The smallest absolute Gasteiger partial charge is 0.337 e. The molecule has 0 fully saturated rings. The van der Waals surface area contributed by atoms with Crippen molar-refractivity contribution in [3.63, 3.8) is 0 Å². The second kappa shape index (κ2) is 6.80. The lowest BCUT2D eigenvalue weighted by molar-refractivity contribution is 0.0600. The van der Waals surface area contributed by atoms with Crippen LogP contribution in [0.3, 0.4) is 0 Å². The van der Waals surface area contributed by atoms with Crippen LogP contribution in [0.2, 0.25) is 0 Å². The summed E-state index contributed by atoms with van der Waals surface area (Å²) in [6.07, 6.45) is 1.57. The molecule has 0 aliphatic heterocycles. The van der Waals surface area contributed by atoms with Crippen LogP contribution >= 0.6 is 12.2 Å². The van der Waals surface area contributed by atoms with E-state index in [4.69, 9.17) is 12.2 Å². The van der Waals surface area contributed by atoms with Gasteiger partial charge in [0.05, 0.1) is 24.9 Å². The molecule has 5 nitrogen and oxygen atoms in total. The minimum absolute atomic E-state index is 0.372. The Hall–Kier alpha value is -1.69. The van der Waals surface area contributed by atoms with E-state index in [-0.39, 0.29) is 5.97 Å². The number of nitrogens with zero attached hydrogens (tertiary/aromatic N) is 1. The first-order valence-electron chi connectivity index (χ1n) is 5.22. The largest absolute Gasteiger partial charge is 0.465 e. The molecule has 0 aliphatic rings. The van der Waals surface area contributed by atoms with Gasteiger partial charge < -0.3 is 15.4 Å². The number of ether oxygens (including phenoxy) is 1. The van der Waals surface area contributed by atoms with Crippen molar-refractivity contribution in [2.24, 2.45) is 0 Å². The van der Waals surface area contributed by atoms with E-state index in [1.165, 1.54) is 7.11 Å². The number of rotatable bonds is 4. The van der Waals surface area contributed by atoms with Crippen molar-refractivity contribution >= 4 is 23.3 Å². The molecule has 92 valence electrons. The van der Waals surface area contributed by atoms with Gasteiger partial charge in [0.15, 0.2) is 5.11 Å². The van der Waals surface area contributed by atoms with Crippen LogP contribution in [-0.2, 0) is 11.3 Å². The number of hydrogen-bond donors (Lipinski definition) is 2. The molecular weight excluding hydrogens is 238 g/mol. The van der Waals surface area contributed by atoms with Crippen molar-refractivity contribution in [1.29, 1.82) is 0 Å². The van der Waals surface area contributed by atoms with E-state index in [0.717, 1.165) is 12.2 Å². The fourth-order valence-corrected chi connectivity index (χ4v) is 1.43. The third kappa shape index (κ3) is 4.36. The number of thiocarbonyl (C=S) groups is 1. The lowest BCUT2D eigenvalue weighted by Crippen LogP contribution is -2.34. The van der Waals surface area contributed by atoms with E-state index in [9.17, 15) is 4.79 Å². The van der Waals surface area contributed by atoms with Crippen LogP contribution in [0.25, 0.3) is 0 Å². The topological polar surface area (TPSA) is 63.2 Å². The zero-order valence-corrected chi connectivity index (χ0v) is 10.6. The summed E-state index contributed by atoms with van der Waals surface area (Å²) < 4.78 is 4.63. The predicted molar refractivity (Wildman–Crippen MR) is 68.7 cm³/mol. The third-order valence-corrected chi connectivity index (χ3v) is 2.29. The maximum absolute atomic E-state index is 11.3. The molecular formula is C11H15N3O2S. The summed E-state index contributed by atoms with van der Waals surface area (Å²) in [7, 11) is 1.35. The van der Waals surface area contributed by atoms with Crippen molar-refractivity contribution in [2.45, 2.75) is 13.5 Å². The van der Waals surface area contributed by atoms with Crippen LogP contribution < -0.4 is 10.6 Å². The van der Waals surface area contributed by atoms with Gasteiger partial charge in [-0.2, -0.15) is 0 Å². The van der Waals surface area contributed by atoms with Gasteiger partial charge in [0, 0.05) is 12.7 Å². The Balaban J connectivity index is 2.60. The van der Waals surface area contributed by atoms with Crippen LogP contribution in [0.5, 0.6) is 0 Å². The van der Waals surface area contributed by atoms with Crippen molar-refractivity contribution in [3.8, 4) is 0 Å². The SMILES string of the molecule is CCNC(=S)NCc1cc(C(=O)OC)ccn1. The number of nitrogens with one attached hydrogen (secondary N) is 2. The van der Waals surface area contributed by atoms with E-state index >= 15 is 0 Å². The van der Waals surface area contributed by atoms with Gasteiger partial charge in [-0.25, -0.2) is 4.79 Å².